The van der Waals surface area contributed by atoms with Gasteiger partial charge in [-0.2, -0.15) is 0 Å². The Morgan fingerprint density at radius 1 is 1.32 bits per heavy atom. The van der Waals surface area contributed by atoms with E-state index in [1.54, 1.807) is 12.1 Å². The summed E-state index contributed by atoms with van der Waals surface area (Å²) >= 11 is 0. The molecule has 0 saturated carbocycles. The van der Waals surface area contributed by atoms with Gasteiger partial charge in [-0.15, -0.1) is 0 Å². The Bertz CT molecular complexity index is 711. The molecule has 3 heteroatoms. The fourth-order valence-corrected chi connectivity index (χ4v) is 3.31. The second-order valence-electron chi connectivity index (χ2n) is 7.81. The van der Waals surface area contributed by atoms with Crippen molar-refractivity contribution in [2.45, 2.75) is 66.9 Å². The van der Waals surface area contributed by atoms with E-state index in [2.05, 4.69) is 32.9 Å². The summed E-state index contributed by atoms with van der Waals surface area (Å²) in [7, 11) is 0. The normalized spacial score (nSPS) is 18.3. The highest BCUT2D eigenvalue weighted by molar-refractivity contribution is 5.86. The number of carbonyl (C=O) groups is 1. The van der Waals surface area contributed by atoms with E-state index in [0.717, 1.165) is 5.57 Å². The highest BCUT2D eigenvalue weighted by Crippen LogP contribution is 2.40. The molecule has 0 spiro atoms. The van der Waals surface area contributed by atoms with Gasteiger partial charge in [-0.3, -0.25) is 0 Å². The lowest BCUT2D eigenvalue weighted by atomic mass is 9.72. The van der Waals surface area contributed by atoms with Gasteiger partial charge in [0.2, 0.25) is 5.76 Å². The monoisotopic (exact) mass is 342 g/mol. The minimum absolute atomic E-state index is 0.156. The largest absolute Gasteiger partial charge is 0.457 e. The lowest BCUT2D eigenvalue weighted by molar-refractivity contribution is 0.0341. The van der Waals surface area contributed by atoms with Gasteiger partial charge in [-0.1, -0.05) is 31.6 Å². The lowest BCUT2D eigenvalue weighted by Crippen LogP contribution is -2.19. The van der Waals surface area contributed by atoms with Gasteiger partial charge in [0, 0.05) is 0 Å². The summed E-state index contributed by atoms with van der Waals surface area (Å²) in [5, 5.41) is 0. The van der Waals surface area contributed by atoms with Crippen molar-refractivity contribution in [2.75, 3.05) is 0 Å². The predicted molar refractivity (Wildman–Crippen MR) is 102 cm³/mol. The number of ether oxygens (including phenoxy) is 1. The molecule has 1 aromatic rings. The fourth-order valence-electron chi connectivity index (χ4n) is 3.31. The van der Waals surface area contributed by atoms with Crippen LogP contribution in [0.3, 0.4) is 0 Å². The van der Waals surface area contributed by atoms with Crippen LogP contribution in [0.5, 0.6) is 0 Å². The Kier molecular flexibility index (Phi) is 6.10. The van der Waals surface area contributed by atoms with E-state index in [1.807, 2.05) is 26.8 Å². The van der Waals surface area contributed by atoms with Gasteiger partial charge in [-0.25, -0.2) is 4.79 Å². The van der Waals surface area contributed by atoms with Gasteiger partial charge < -0.3 is 9.15 Å². The molecule has 0 unspecified atom stereocenters. The van der Waals surface area contributed by atoms with Crippen LogP contribution in [0.1, 0.15) is 77.1 Å². The van der Waals surface area contributed by atoms with Crippen molar-refractivity contribution in [1.82, 2.24) is 0 Å². The van der Waals surface area contributed by atoms with Crippen molar-refractivity contribution in [3.8, 4) is 0 Å². The third-order valence-electron chi connectivity index (χ3n) is 4.60. The highest BCUT2D eigenvalue weighted by Gasteiger charge is 2.26. The zero-order chi connectivity index (χ0) is 18.6. The van der Waals surface area contributed by atoms with E-state index >= 15 is 0 Å². The smallest absolute Gasteiger partial charge is 0.374 e. The van der Waals surface area contributed by atoms with Gasteiger partial charge in [-0.05, 0) is 81.7 Å². The zero-order valence-electron chi connectivity index (χ0n) is 16.3. The quantitative estimate of drug-likeness (QED) is 0.463. The Hall–Kier alpha value is -2.03. The average molecular weight is 342 g/mol. The molecule has 0 aliphatic heterocycles. The molecule has 0 radical (unpaired) electrons. The number of carbonyl (C=O) groups excluding carboxylic acids is 1. The molecule has 1 aliphatic carbocycles. The molecule has 0 aromatic carbocycles. The maximum Gasteiger partial charge on any atom is 0.374 e. The van der Waals surface area contributed by atoms with E-state index in [1.165, 1.54) is 30.4 Å². The van der Waals surface area contributed by atoms with Crippen LogP contribution < -0.4 is 0 Å². The van der Waals surface area contributed by atoms with Gasteiger partial charge in [0.15, 0.2) is 0 Å². The van der Waals surface area contributed by atoms with Gasteiger partial charge in [0.25, 0.3) is 0 Å². The number of furan rings is 1. The Labute approximate surface area is 151 Å². The molecule has 0 fully saturated rings. The third-order valence-corrected chi connectivity index (χ3v) is 4.60. The summed E-state index contributed by atoms with van der Waals surface area (Å²) in [5.74, 6) is 0.475. The molecule has 25 heavy (non-hydrogen) atoms. The van der Waals surface area contributed by atoms with Crippen LogP contribution in [0.2, 0.25) is 0 Å². The first-order valence-corrected chi connectivity index (χ1v) is 9.06. The topological polar surface area (TPSA) is 39.4 Å². The Morgan fingerprint density at radius 2 is 2.04 bits per heavy atom. The van der Waals surface area contributed by atoms with Crippen molar-refractivity contribution >= 4 is 12.0 Å². The van der Waals surface area contributed by atoms with Crippen LogP contribution in [0.25, 0.3) is 6.08 Å². The first-order chi connectivity index (χ1) is 11.7. The number of allylic oxidation sites excluding steroid dienone is 5. The Balaban J connectivity index is 2.12. The lowest BCUT2D eigenvalue weighted by Gasteiger charge is -2.32. The fraction of sp³-hybridized carbons (Fsp3) is 0.500. The molecule has 0 saturated heterocycles. The second kappa shape index (κ2) is 7.90. The van der Waals surface area contributed by atoms with Gasteiger partial charge in [0.1, 0.15) is 5.76 Å². The molecule has 2 rings (SSSR count). The molecular formula is C22H30O3. The predicted octanol–water partition coefficient (Wildman–Crippen LogP) is 6.33. The summed E-state index contributed by atoms with van der Waals surface area (Å²) in [6, 6.07) is 3.45. The molecule has 1 aromatic heterocycles. The third kappa shape index (κ3) is 5.22. The minimum Gasteiger partial charge on any atom is -0.457 e. The summed E-state index contributed by atoms with van der Waals surface area (Å²) in [5.41, 5.74) is 4.24. The molecule has 0 bridgehead atoms. The first-order valence-electron chi connectivity index (χ1n) is 9.06. The number of rotatable bonds is 5. The van der Waals surface area contributed by atoms with E-state index < -0.39 is 5.97 Å². The summed E-state index contributed by atoms with van der Waals surface area (Å²) in [6.45, 7) is 12.5. The van der Waals surface area contributed by atoms with Crippen molar-refractivity contribution < 1.29 is 13.9 Å². The van der Waals surface area contributed by atoms with E-state index in [0.29, 0.717) is 5.76 Å². The second-order valence-corrected chi connectivity index (χ2v) is 7.81. The van der Waals surface area contributed by atoms with Gasteiger partial charge >= 0.3 is 5.97 Å². The van der Waals surface area contributed by atoms with Crippen LogP contribution in [0, 0.1) is 5.41 Å². The number of hydrogen-bond acceptors (Lipinski definition) is 3. The number of esters is 1. The van der Waals surface area contributed by atoms with Crippen molar-refractivity contribution in [2.24, 2.45) is 5.41 Å². The standard InChI is InChI=1S/C22H30O3/c1-15(2)24-21(23)20-12-10-18(25-20)14-16(3)9-11-19-17(4)8-7-13-22(19,5)6/h9-12,14-15H,7-8,13H2,1-6H3. The van der Waals surface area contributed by atoms with E-state index in [4.69, 9.17) is 9.15 Å². The van der Waals surface area contributed by atoms with Crippen LogP contribution in [-0.4, -0.2) is 12.1 Å². The summed E-state index contributed by atoms with van der Waals surface area (Å²) in [6.07, 6.45) is 9.83. The number of hydrogen-bond donors (Lipinski definition) is 0. The molecule has 1 aliphatic rings. The molecule has 3 nitrogen and oxygen atoms in total. The van der Waals surface area contributed by atoms with E-state index in [9.17, 15) is 4.79 Å². The molecule has 0 atom stereocenters. The highest BCUT2D eigenvalue weighted by atomic mass is 16.6. The molecule has 0 amide bonds. The van der Waals surface area contributed by atoms with Crippen molar-refractivity contribution in [3.05, 3.63) is 52.5 Å². The maximum atomic E-state index is 11.8. The van der Waals surface area contributed by atoms with E-state index in [-0.39, 0.29) is 17.3 Å². The van der Waals surface area contributed by atoms with Crippen molar-refractivity contribution in [3.63, 3.8) is 0 Å². The molecular weight excluding hydrogens is 312 g/mol. The molecule has 136 valence electrons. The minimum atomic E-state index is -0.424. The maximum absolute atomic E-state index is 11.8. The molecule has 0 N–H and O–H groups in total. The van der Waals surface area contributed by atoms with Crippen LogP contribution in [0.15, 0.2) is 45.4 Å². The Morgan fingerprint density at radius 3 is 2.68 bits per heavy atom. The molecule has 1 heterocycles. The van der Waals surface area contributed by atoms with Crippen molar-refractivity contribution in [1.29, 1.82) is 0 Å². The SMILES string of the molecule is CC(C=CC1=C(C)CCCC1(C)C)=Cc1ccc(C(=O)OC(C)C)o1. The first kappa shape index (κ1) is 19.3. The summed E-state index contributed by atoms with van der Waals surface area (Å²) in [4.78, 5) is 11.8. The van der Waals surface area contributed by atoms with Crippen LogP contribution in [-0.2, 0) is 4.74 Å². The van der Waals surface area contributed by atoms with Crippen LogP contribution >= 0.6 is 0 Å². The van der Waals surface area contributed by atoms with Crippen LogP contribution in [0.4, 0.5) is 0 Å². The average Bonchev–Trinajstić information content (AvgIpc) is 2.94. The summed E-state index contributed by atoms with van der Waals surface area (Å²) < 4.78 is 10.7. The zero-order valence-corrected chi connectivity index (χ0v) is 16.3. The van der Waals surface area contributed by atoms with Gasteiger partial charge in [0.05, 0.1) is 6.10 Å².